The summed E-state index contributed by atoms with van der Waals surface area (Å²) in [4.78, 5) is 14.1. The Morgan fingerprint density at radius 1 is 0.968 bits per heavy atom. The first-order chi connectivity index (χ1) is 14.3. The molecular weight excluding hydrogens is 392 g/mol. The van der Waals surface area contributed by atoms with Crippen LogP contribution in [0, 0.1) is 11.8 Å². The lowest BCUT2D eigenvalue weighted by molar-refractivity contribution is 0.0130. The van der Waals surface area contributed by atoms with E-state index in [0.717, 1.165) is 44.6 Å². The van der Waals surface area contributed by atoms with E-state index >= 15 is 0 Å². The SMILES string of the molecule is CC(C)(C)OC(=O)N1CC(CCCCO)CC1(C)C.CC1(C)CC(CCCCO)CN1. The number of ether oxygens (including phenoxy) is 1. The number of amides is 1. The van der Waals surface area contributed by atoms with Crippen LogP contribution >= 0.6 is 0 Å². The van der Waals surface area contributed by atoms with Gasteiger partial charge in [0.25, 0.3) is 0 Å². The van der Waals surface area contributed by atoms with E-state index in [1.165, 1.54) is 25.8 Å². The molecule has 3 N–H and O–H groups in total. The van der Waals surface area contributed by atoms with Gasteiger partial charge in [0.15, 0.2) is 0 Å². The fourth-order valence-corrected chi connectivity index (χ4v) is 4.80. The largest absolute Gasteiger partial charge is 0.444 e. The van der Waals surface area contributed by atoms with Crippen molar-refractivity contribution in [2.75, 3.05) is 26.3 Å². The molecule has 0 saturated carbocycles. The summed E-state index contributed by atoms with van der Waals surface area (Å²) in [5.74, 6) is 1.36. The lowest BCUT2D eigenvalue weighted by atomic mass is 9.93. The van der Waals surface area contributed by atoms with E-state index in [0.29, 0.717) is 18.1 Å². The van der Waals surface area contributed by atoms with Gasteiger partial charge in [-0.3, -0.25) is 0 Å². The van der Waals surface area contributed by atoms with E-state index in [1.807, 2.05) is 25.7 Å². The first-order valence-electron chi connectivity index (χ1n) is 12.3. The molecule has 2 unspecified atom stereocenters. The van der Waals surface area contributed by atoms with Crippen molar-refractivity contribution in [1.29, 1.82) is 0 Å². The minimum atomic E-state index is -0.442. The van der Waals surface area contributed by atoms with E-state index in [-0.39, 0.29) is 18.2 Å². The monoisotopic (exact) mass is 442 g/mol. The zero-order valence-electron chi connectivity index (χ0n) is 21.3. The summed E-state index contributed by atoms with van der Waals surface area (Å²) >= 11 is 0. The third kappa shape index (κ3) is 11.0. The molecule has 2 atom stereocenters. The van der Waals surface area contributed by atoms with Gasteiger partial charge in [-0.05, 0) is 105 Å². The molecule has 0 radical (unpaired) electrons. The lowest BCUT2D eigenvalue weighted by Crippen LogP contribution is -2.45. The lowest BCUT2D eigenvalue weighted by Gasteiger charge is -2.33. The Morgan fingerprint density at radius 2 is 1.52 bits per heavy atom. The first kappa shape index (κ1) is 28.2. The van der Waals surface area contributed by atoms with Crippen molar-refractivity contribution < 1.29 is 19.7 Å². The Morgan fingerprint density at radius 3 is 1.97 bits per heavy atom. The summed E-state index contributed by atoms with van der Waals surface area (Å²) in [5, 5.41) is 21.0. The molecule has 6 heteroatoms. The number of nitrogens with zero attached hydrogens (tertiary/aromatic N) is 1. The van der Waals surface area contributed by atoms with Gasteiger partial charge in [0, 0.05) is 30.8 Å². The third-order valence-corrected chi connectivity index (χ3v) is 6.28. The molecule has 0 bridgehead atoms. The number of aliphatic hydroxyl groups is 2. The van der Waals surface area contributed by atoms with Crippen molar-refractivity contribution in [2.45, 2.75) is 117 Å². The van der Waals surface area contributed by atoms with Crippen molar-refractivity contribution in [1.82, 2.24) is 10.2 Å². The van der Waals surface area contributed by atoms with Gasteiger partial charge in [-0.2, -0.15) is 0 Å². The van der Waals surface area contributed by atoms with Gasteiger partial charge in [0.2, 0.25) is 0 Å². The summed E-state index contributed by atoms with van der Waals surface area (Å²) in [6.45, 7) is 17.0. The molecule has 2 rings (SSSR count). The second-order valence-corrected chi connectivity index (χ2v) is 11.7. The number of likely N-dealkylation sites (tertiary alicyclic amines) is 1. The molecule has 31 heavy (non-hydrogen) atoms. The van der Waals surface area contributed by atoms with Crippen LogP contribution in [0.25, 0.3) is 0 Å². The highest BCUT2D eigenvalue weighted by Gasteiger charge is 2.42. The molecule has 2 saturated heterocycles. The fourth-order valence-electron chi connectivity index (χ4n) is 4.80. The van der Waals surface area contributed by atoms with Crippen LogP contribution in [0.15, 0.2) is 0 Å². The Kier molecular flexibility index (Phi) is 11.3. The molecule has 0 aromatic carbocycles. The zero-order chi connectivity index (χ0) is 23.7. The molecule has 2 aliphatic heterocycles. The maximum atomic E-state index is 12.2. The molecule has 0 aromatic rings. The highest BCUT2D eigenvalue weighted by Crippen LogP contribution is 2.36. The van der Waals surface area contributed by atoms with Gasteiger partial charge in [-0.1, -0.05) is 12.8 Å². The average molecular weight is 443 g/mol. The van der Waals surface area contributed by atoms with Gasteiger partial charge in [-0.25, -0.2) is 4.79 Å². The van der Waals surface area contributed by atoms with Crippen molar-refractivity contribution in [3.8, 4) is 0 Å². The summed E-state index contributed by atoms with van der Waals surface area (Å²) < 4.78 is 5.48. The van der Waals surface area contributed by atoms with Crippen LogP contribution < -0.4 is 5.32 Å². The van der Waals surface area contributed by atoms with Crippen molar-refractivity contribution in [3.05, 3.63) is 0 Å². The predicted molar refractivity (Wildman–Crippen MR) is 127 cm³/mol. The molecule has 0 aliphatic carbocycles. The Bertz CT molecular complexity index is 528. The minimum Gasteiger partial charge on any atom is -0.444 e. The Hall–Kier alpha value is -0.850. The summed E-state index contributed by atoms with van der Waals surface area (Å²) in [6.07, 6.45) is 8.47. The first-order valence-corrected chi connectivity index (χ1v) is 12.3. The summed E-state index contributed by atoms with van der Waals surface area (Å²) in [7, 11) is 0. The van der Waals surface area contributed by atoms with Gasteiger partial charge >= 0.3 is 6.09 Å². The second-order valence-electron chi connectivity index (χ2n) is 11.7. The van der Waals surface area contributed by atoms with Crippen molar-refractivity contribution in [2.24, 2.45) is 11.8 Å². The number of carbonyl (C=O) groups excluding carboxylic acids is 1. The maximum absolute atomic E-state index is 12.2. The molecule has 0 aromatic heterocycles. The van der Waals surface area contributed by atoms with Crippen LogP contribution in [0.3, 0.4) is 0 Å². The Balaban J connectivity index is 0.000000343. The van der Waals surface area contributed by atoms with Crippen LogP contribution in [0.2, 0.25) is 0 Å². The number of unbranched alkanes of at least 4 members (excludes halogenated alkanes) is 2. The van der Waals surface area contributed by atoms with Gasteiger partial charge in [0.05, 0.1) is 0 Å². The van der Waals surface area contributed by atoms with Crippen LogP contribution in [-0.2, 0) is 4.74 Å². The standard InChI is InChI=1S/C15H29NO3.C10H21NO/c1-14(2,3)19-13(18)16-11-12(8-6-7-9-17)10-15(16,4)5;1-10(2)7-9(8-11-10)5-3-4-6-12/h12,17H,6-11H2,1-5H3;9,11-12H,3-8H2,1-2H3. The molecule has 1 amide bonds. The topological polar surface area (TPSA) is 82.0 Å². The fraction of sp³-hybridized carbons (Fsp3) is 0.960. The van der Waals surface area contributed by atoms with Crippen LogP contribution in [0.5, 0.6) is 0 Å². The molecule has 2 aliphatic rings. The van der Waals surface area contributed by atoms with Gasteiger partial charge in [0.1, 0.15) is 5.60 Å². The Labute approximate surface area is 191 Å². The molecule has 2 heterocycles. The van der Waals surface area contributed by atoms with Crippen LogP contribution in [0.1, 0.15) is 99.8 Å². The molecule has 0 spiro atoms. The highest BCUT2D eigenvalue weighted by atomic mass is 16.6. The number of rotatable bonds is 8. The molecular formula is C25H50N2O4. The quantitative estimate of drug-likeness (QED) is 0.474. The van der Waals surface area contributed by atoms with E-state index < -0.39 is 5.60 Å². The van der Waals surface area contributed by atoms with Gasteiger partial charge in [-0.15, -0.1) is 0 Å². The number of aliphatic hydroxyl groups excluding tert-OH is 2. The van der Waals surface area contributed by atoms with Crippen LogP contribution in [-0.4, -0.2) is 64.2 Å². The van der Waals surface area contributed by atoms with Crippen LogP contribution in [0.4, 0.5) is 4.79 Å². The number of hydrogen-bond donors (Lipinski definition) is 3. The molecule has 6 nitrogen and oxygen atoms in total. The third-order valence-electron chi connectivity index (χ3n) is 6.28. The average Bonchev–Trinajstić information content (AvgIpc) is 3.12. The summed E-state index contributed by atoms with van der Waals surface area (Å²) in [6, 6.07) is 0. The van der Waals surface area contributed by atoms with E-state index in [9.17, 15) is 4.79 Å². The minimum absolute atomic E-state index is 0.133. The molecule has 2 fully saturated rings. The second kappa shape index (κ2) is 12.4. The summed E-state index contributed by atoms with van der Waals surface area (Å²) in [5.41, 5.74) is -0.224. The molecule has 184 valence electrons. The predicted octanol–water partition coefficient (Wildman–Crippen LogP) is 4.72. The van der Waals surface area contributed by atoms with Gasteiger partial charge < -0.3 is 25.2 Å². The van der Waals surface area contributed by atoms with Crippen molar-refractivity contribution >= 4 is 6.09 Å². The number of hydrogen-bond acceptors (Lipinski definition) is 5. The zero-order valence-corrected chi connectivity index (χ0v) is 21.3. The number of nitrogens with one attached hydrogen (secondary N) is 1. The normalized spacial score (nSPS) is 24.6. The van der Waals surface area contributed by atoms with E-state index in [2.05, 4.69) is 33.0 Å². The highest BCUT2D eigenvalue weighted by molar-refractivity contribution is 5.69. The van der Waals surface area contributed by atoms with Crippen molar-refractivity contribution in [3.63, 3.8) is 0 Å². The smallest absolute Gasteiger partial charge is 0.410 e. The number of carbonyl (C=O) groups is 1. The maximum Gasteiger partial charge on any atom is 0.410 e. The van der Waals surface area contributed by atoms with E-state index in [1.54, 1.807) is 0 Å². The van der Waals surface area contributed by atoms with E-state index in [4.69, 9.17) is 14.9 Å².